The molecule has 1 aromatic carbocycles. The van der Waals surface area contributed by atoms with Crippen molar-refractivity contribution < 1.29 is 9.59 Å². The van der Waals surface area contributed by atoms with Gasteiger partial charge in [-0.1, -0.05) is 13.0 Å². The summed E-state index contributed by atoms with van der Waals surface area (Å²) in [5.74, 6) is 0.814. The van der Waals surface area contributed by atoms with Gasteiger partial charge in [0, 0.05) is 23.7 Å². The quantitative estimate of drug-likeness (QED) is 0.742. The first-order valence-corrected chi connectivity index (χ1v) is 9.29. The maximum Gasteiger partial charge on any atom is 0.251 e. The topological polar surface area (TPSA) is 70.2 Å². The van der Waals surface area contributed by atoms with E-state index in [4.69, 9.17) is 0 Å². The second-order valence-electron chi connectivity index (χ2n) is 7.49. The van der Waals surface area contributed by atoms with Crippen LogP contribution >= 0.6 is 0 Å². The molecule has 1 aromatic rings. The highest BCUT2D eigenvalue weighted by Gasteiger charge is 2.22. The summed E-state index contributed by atoms with van der Waals surface area (Å²) in [6.07, 6.45) is 2.88. The Morgan fingerprint density at radius 3 is 2.68 bits per heavy atom. The maximum absolute atomic E-state index is 12.4. The van der Waals surface area contributed by atoms with Crippen molar-refractivity contribution in [2.24, 2.45) is 11.8 Å². The van der Waals surface area contributed by atoms with E-state index in [0.717, 1.165) is 18.7 Å². The summed E-state index contributed by atoms with van der Waals surface area (Å²) in [4.78, 5) is 24.6. The molecule has 1 saturated heterocycles. The maximum atomic E-state index is 12.4. The zero-order chi connectivity index (χ0) is 18.4. The number of hydrogen-bond donors (Lipinski definition) is 3. The molecule has 5 nitrogen and oxygen atoms in total. The molecule has 5 heteroatoms. The van der Waals surface area contributed by atoms with Crippen molar-refractivity contribution in [3.05, 3.63) is 29.3 Å². The predicted octanol–water partition coefficient (Wildman–Crippen LogP) is 3.10. The lowest BCUT2D eigenvalue weighted by atomic mass is 9.85. The molecule has 0 spiro atoms. The molecule has 1 fully saturated rings. The number of aryl methyl sites for hydroxylation is 1. The highest BCUT2D eigenvalue weighted by molar-refractivity contribution is 5.98. The summed E-state index contributed by atoms with van der Waals surface area (Å²) < 4.78 is 0. The molecule has 0 aliphatic carbocycles. The number of rotatable bonds is 6. The predicted molar refractivity (Wildman–Crippen MR) is 102 cm³/mol. The van der Waals surface area contributed by atoms with E-state index in [0.29, 0.717) is 29.5 Å². The minimum atomic E-state index is -0.106. The van der Waals surface area contributed by atoms with Gasteiger partial charge in [-0.15, -0.1) is 0 Å². The third-order valence-corrected chi connectivity index (χ3v) is 4.83. The summed E-state index contributed by atoms with van der Waals surface area (Å²) in [5, 5.41) is 9.25. The van der Waals surface area contributed by atoms with Crippen LogP contribution in [0.15, 0.2) is 18.2 Å². The fourth-order valence-corrected chi connectivity index (χ4v) is 3.32. The first-order chi connectivity index (χ1) is 11.9. The Labute approximate surface area is 151 Å². The van der Waals surface area contributed by atoms with Gasteiger partial charge in [-0.05, 0) is 76.2 Å². The minimum absolute atomic E-state index is 0.0112. The molecule has 0 bridgehead atoms. The largest absolute Gasteiger partial charge is 0.350 e. The second kappa shape index (κ2) is 8.99. The number of piperidine rings is 1. The molecule has 0 aromatic heterocycles. The molecule has 3 N–H and O–H groups in total. The zero-order valence-corrected chi connectivity index (χ0v) is 15.8. The molecule has 2 amide bonds. The van der Waals surface area contributed by atoms with Gasteiger partial charge in [-0.25, -0.2) is 0 Å². The van der Waals surface area contributed by atoms with Gasteiger partial charge < -0.3 is 16.0 Å². The van der Waals surface area contributed by atoms with Gasteiger partial charge in [0.25, 0.3) is 5.91 Å². The minimum Gasteiger partial charge on any atom is -0.350 e. The highest BCUT2D eigenvalue weighted by atomic mass is 16.2. The van der Waals surface area contributed by atoms with E-state index in [1.807, 2.05) is 32.9 Å². The number of nitrogens with one attached hydrogen (secondary N) is 3. The average molecular weight is 345 g/mol. The van der Waals surface area contributed by atoms with Crippen molar-refractivity contribution in [3.8, 4) is 0 Å². The SMILES string of the molecule is Cc1ccc(NC(=O)CC(C)C2CCCNC2)cc1C(=O)NC(C)C. The van der Waals surface area contributed by atoms with Crippen molar-refractivity contribution in [1.29, 1.82) is 0 Å². The van der Waals surface area contributed by atoms with E-state index in [9.17, 15) is 9.59 Å². The third kappa shape index (κ3) is 5.85. The van der Waals surface area contributed by atoms with Crippen LogP contribution in [0.5, 0.6) is 0 Å². The van der Waals surface area contributed by atoms with E-state index in [1.54, 1.807) is 6.07 Å². The fraction of sp³-hybridized carbons (Fsp3) is 0.600. The van der Waals surface area contributed by atoms with Crippen molar-refractivity contribution in [2.75, 3.05) is 18.4 Å². The summed E-state index contributed by atoms with van der Waals surface area (Å²) in [6, 6.07) is 5.57. The van der Waals surface area contributed by atoms with Crippen molar-refractivity contribution >= 4 is 17.5 Å². The normalized spacial score (nSPS) is 18.7. The van der Waals surface area contributed by atoms with Crippen LogP contribution in [0, 0.1) is 18.8 Å². The first-order valence-electron chi connectivity index (χ1n) is 9.29. The molecular formula is C20H31N3O2. The molecule has 1 aliphatic rings. The van der Waals surface area contributed by atoms with E-state index in [2.05, 4.69) is 22.9 Å². The second-order valence-corrected chi connectivity index (χ2v) is 7.49. The van der Waals surface area contributed by atoms with E-state index < -0.39 is 0 Å². The lowest BCUT2D eigenvalue weighted by molar-refractivity contribution is -0.117. The molecule has 0 saturated carbocycles. The lowest BCUT2D eigenvalue weighted by Gasteiger charge is -2.28. The van der Waals surface area contributed by atoms with Crippen molar-refractivity contribution in [1.82, 2.24) is 10.6 Å². The number of carbonyl (C=O) groups is 2. The fourth-order valence-electron chi connectivity index (χ4n) is 3.32. The molecule has 2 rings (SSSR count). The van der Waals surface area contributed by atoms with Crippen molar-refractivity contribution in [3.63, 3.8) is 0 Å². The van der Waals surface area contributed by atoms with Crippen LogP contribution in [0.2, 0.25) is 0 Å². The number of hydrogen-bond acceptors (Lipinski definition) is 3. The number of carbonyl (C=O) groups excluding carboxylic acids is 2. The van der Waals surface area contributed by atoms with Gasteiger partial charge >= 0.3 is 0 Å². The monoisotopic (exact) mass is 345 g/mol. The van der Waals surface area contributed by atoms with Crippen molar-refractivity contribution in [2.45, 2.75) is 53.0 Å². The lowest BCUT2D eigenvalue weighted by Crippen LogP contribution is -2.34. The highest BCUT2D eigenvalue weighted by Crippen LogP contribution is 2.23. The van der Waals surface area contributed by atoms with Gasteiger partial charge in [-0.3, -0.25) is 9.59 Å². The Kier molecular flexibility index (Phi) is 7.00. The Balaban J connectivity index is 1.97. The van der Waals surface area contributed by atoms with E-state index in [1.165, 1.54) is 12.8 Å². The Morgan fingerprint density at radius 2 is 2.04 bits per heavy atom. The number of anilines is 1. The van der Waals surface area contributed by atoms with Crippen LogP contribution in [0.25, 0.3) is 0 Å². The van der Waals surface area contributed by atoms with Crippen LogP contribution in [0.4, 0.5) is 5.69 Å². The Hall–Kier alpha value is -1.88. The third-order valence-electron chi connectivity index (χ3n) is 4.83. The summed E-state index contributed by atoms with van der Waals surface area (Å²) in [5.41, 5.74) is 2.19. The summed E-state index contributed by atoms with van der Waals surface area (Å²) in [7, 11) is 0. The van der Waals surface area contributed by atoms with Crippen LogP contribution in [-0.2, 0) is 4.79 Å². The van der Waals surface area contributed by atoms with Gasteiger partial charge in [-0.2, -0.15) is 0 Å². The average Bonchev–Trinajstić information content (AvgIpc) is 2.56. The number of benzene rings is 1. The number of amides is 2. The smallest absolute Gasteiger partial charge is 0.251 e. The summed E-state index contributed by atoms with van der Waals surface area (Å²) in [6.45, 7) is 9.99. The molecule has 1 heterocycles. The molecule has 1 aliphatic heterocycles. The molecule has 2 atom stereocenters. The molecule has 2 unspecified atom stereocenters. The zero-order valence-electron chi connectivity index (χ0n) is 15.8. The first kappa shape index (κ1) is 19.4. The molecule has 25 heavy (non-hydrogen) atoms. The van der Waals surface area contributed by atoms with Crippen LogP contribution in [0.3, 0.4) is 0 Å². The van der Waals surface area contributed by atoms with Gasteiger partial charge in [0.05, 0.1) is 0 Å². The van der Waals surface area contributed by atoms with Gasteiger partial charge in [0.1, 0.15) is 0 Å². The Bertz CT molecular complexity index is 607. The van der Waals surface area contributed by atoms with Crippen LogP contribution in [-0.4, -0.2) is 30.9 Å². The standard InChI is InChI=1S/C20H31N3O2/c1-13(2)22-20(25)18-11-17(8-7-14(18)3)23-19(24)10-15(4)16-6-5-9-21-12-16/h7-8,11,13,15-16,21H,5-6,9-10,12H2,1-4H3,(H,22,25)(H,23,24). The molecular weight excluding hydrogens is 314 g/mol. The van der Waals surface area contributed by atoms with Crippen LogP contribution < -0.4 is 16.0 Å². The molecule has 138 valence electrons. The molecule has 0 radical (unpaired) electrons. The van der Waals surface area contributed by atoms with E-state index >= 15 is 0 Å². The van der Waals surface area contributed by atoms with Gasteiger partial charge in [0.2, 0.25) is 5.91 Å². The summed E-state index contributed by atoms with van der Waals surface area (Å²) >= 11 is 0. The van der Waals surface area contributed by atoms with Crippen LogP contribution in [0.1, 0.15) is 56.0 Å². The Morgan fingerprint density at radius 1 is 1.28 bits per heavy atom. The van der Waals surface area contributed by atoms with E-state index in [-0.39, 0.29) is 17.9 Å². The van der Waals surface area contributed by atoms with Gasteiger partial charge in [0.15, 0.2) is 0 Å².